The maximum absolute atomic E-state index is 13.4. The maximum Gasteiger partial charge on any atom is 0.313 e. The van der Waals surface area contributed by atoms with Crippen molar-refractivity contribution in [1.29, 1.82) is 0 Å². The smallest absolute Gasteiger partial charge is 0.313 e. The van der Waals surface area contributed by atoms with Gasteiger partial charge in [0.05, 0.1) is 12.2 Å². The summed E-state index contributed by atoms with van der Waals surface area (Å²) in [6.07, 6.45) is 1.79. The normalized spacial score (nSPS) is 15.4. The molecule has 1 saturated heterocycles. The second-order valence-electron chi connectivity index (χ2n) is 7.59. The number of carbonyl (C=O) groups excluding carboxylic acids is 3. The van der Waals surface area contributed by atoms with Crippen LogP contribution in [0.5, 0.6) is 0 Å². The van der Waals surface area contributed by atoms with Crippen molar-refractivity contribution in [2.75, 3.05) is 26.7 Å². The molecule has 0 aliphatic carbocycles. The Bertz CT molecular complexity index is 896. The number of hydrogen-bond acceptors (Lipinski definition) is 5. The van der Waals surface area contributed by atoms with Crippen LogP contribution in [0.1, 0.15) is 42.8 Å². The molecular formula is C22H28N4O4. The SMILES string of the molecule is CCCCN1CCN([C@@H](C(=O)N(C)Cc2cc(C)no2)c2ccccc2)C(=O)C1=O. The highest BCUT2D eigenvalue weighted by atomic mass is 16.5. The summed E-state index contributed by atoms with van der Waals surface area (Å²) in [4.78, 5) is 43.5. The van der Waals surface area contributed by atoms with Gasteiger partial charge in [0, 0.05) is 32.7 Å². The molecule has 8 nitrogen and oxygen atoms in total. The van der Waals surface area contributed by atoms with Crippen LogP contribution in [0.2, 0.25) is 0 Å². The lowest BCUT2D eigenvalue weighted by atomic mass is 10.0. The van der Waals surface area contributed by atoms with E-state index in [1.807, 2.05) is 32.0 Å². The number of likely N-dealkylation sites (N-methyl/N-ethyl adjacent to an activating group) is 1. The Hall–Kier alpha value is -3.16. The van der Waals surface area contributed by atoms with E-state index >= 15 is 0 Å². The van der Waals surface area contributed by atoms with Gasteiger partial charge in [-0.25, -0.2) is 0 Å². The second-order valence-corrected chi connectivity index (χ2v) is 7.59. The first kappa shape index (κ1) is 21.5. The summed E-state index contributed by atoms with van der Waals surface area (Å²) in [5, 5.41) is 3.85. The third-order valence-electron chi connectivity index (χ3n) is 5.23. The van der Waals surface area contributed by atoms with Gasteiger partial charge in [0.1, 0.15) is 6.04 Å². The van der Waals surface area contributed by atoms with Gasteiger partial charge in [-0.2, -0.15) is 0 Å². The number of amides is 3. The fourth-order valence-corrected chi connectivity index (χ4v) is 3.60. The van der Waals surface area contributed by atoms with Gasteiger partial charge in [-0.05, 0) is 18.9 Å². The lowest BCUT2D eigenvalue weighted by Gasteiger charge is -2.39. The Balaban J connectivity index is 1.83. The first-order valence-electron chi connectivity index (χ1n) is 10.2. The first-order chi connectivity index (χ1) is 14.4. The minimum absolute atomic E-state index is 0.224. The van der Waals surface area contributed by atoms with E-state index in [1.165, 1.54) is 9.80 Å². The quantitative estimate of drug-likeness (QED) is 0.620. The van der Waals surface area contributed by atoms with Crippen molar-refractivity contribution < 1.29 is 18.9 Å². The van der Waals surface area contributed by atoms with E-state index in [2.05, 4.69) is 5.16 Å². The van der Waals surface area contributed by atoms with Crippen molar-refractivity contribution in [1.82, 2.24) is 19.9 Å². The van der Waals surface area contributed by atoms with Gasteiger partial charge < -0.3 is 19.2 Å². The Morgan fingerprint density at radius 3 is 2.57 bits per heavy atom. The van der Waals surface area contributed by atoms with Gasteiger partial charge in [-0.3, -0.25) is 14.4 Å². The Morgan fingerprint density at radius 1 is 1.20 bits per heavy atom. The first-order valence-corrected chi connectivity index (χ1v) is 10.2. The molecule has 1 atom stereocenters. The van der Waals surface area contributed by atoms with Crippen LogP contribution in [0.25, 0.3) is 0 Å². The molecule has 8 heteroatoms. The molecule has 2 heterocycles. The largest absolute Gasteiger partial charge is 0.359 e. The highest BCUT2D eigenvalue weighted by Crippen LogP contribution is 2.26. The van der Waals surface area contributed by atoms with E-state index in [0.717, 1.165) is 18.5 Å². The molecule has 1 aliphatic heterocycles. The summed E-state index contributed by atoms with van der Waals surface area (Å²) in [6.45, 7) is 5.37. The third kappa shape index (κ3) is 4.69. The molecular weight excluding hydrogens is 384 g/mol. The monoisotopic (exact) mass is 412 g/mol. The van der Waals surface area contributed by atoms with Crippen molar-refractivity contribution in [2.24, 2.45) is 0 Å². The molecule has 1 aromatic carbocycles. The Kier molecular flexibility index (Phi) is 6.87. The number of unbranched alkanes of at least 4 members (excludes halogenated alkanes) is 1. The van der Waals surface area contributed by atoms with Crippen LogP contribution in [0, 0.1) is 6.92 Å². The van der Waals surface area contributed by atoms with E-state index in [4.69, 9.17) is 4.52 Å². The van der Waals surface area contributed by atoms with Crippen LogP contribution < -0.4 is 0 Å². The van der Waals surface area contributed by atoms with Gasteiger partial charge in [0.15, 0.2) is 5.76 Å². The van der Waals surface area contributed by atoms with Gasteiger partial charge >= 0.3 is 11.8 Å². The lowest BCUT2D eigenvalue weighted by molar-refractivity contribution is -0.161. The van der Waals surface area contributed by atoms with Gasteiger partial charge in [0.25, 0.3) is 0 Å². The molecule has 0 N–H and O–H groups in total. The van der Waals surface area contributed by atoms with E-state index in [-0.39, 0.29) is 12.5 Å². The van der Waals surface area contributed by atoms with Gasteiger partial charge in [-0.1, -0.05) is 48.8 Å². The molecule has 3 amide bonds. The number of rotatable bonds is 8. The number of carbonyl (C=O) groups is 3. The number of benzene rings is 1. The van der Waals surface area contributed by atoms with E-state index in [1.54, 1.807) is 30.1 Å². The van der Waals surface area contributed by atoms with Crippen molar-refractivity contribution in [2.45, 2.75) is 39.3 Å². The number of nitrogens with zero attached hydrogens (tertiary/aromatic N) is 4. The Morgan fingerprint density at radius 2 is 1.93 bits per heavy atom. The molecule has 30 heavy (non-hydrogen) atoms. The van der Waals surface area contributed by atoms with Crippen molar-refractivity contribution in [3.8, 4) is 0 Å². The summed E-state index contributed by atoms with van der Waals surface area (Å²) in [6, 6.07) is 9.99. The maximum atomic E-state index is 13.4. The van der Waals surface area contributed by atoms with Crippen molar-refractivity contribution in [3.63, 3.8) is 0 Å². The molecule has 1 fully saturated rings. The van der Waals surface area contributed by atoms with E-state index < -0.39 is 17.9 Å². The zero-order valence-electron chi connectivity index (χ0n) is 17.7. The average molecular weight is 412 g/mol. The second kappa shape index (κ2) is 9.56. The number of aromatic nitrogens is 1. The summed E-state index contributed by atoms with van der Waals surface area (Å²) in [5.74, 6) is -0.902. The molecule has 1 aliphatic rings. The fraction of sp³-hybridized carbons (Fsp3) is 0.455. The number of piperazine rings is 1. The number of aryl methyl sites for hydroxylation is 1. The molecule has 0 radical (unpaired) electrons. The summed E-state index contributed by atoms with van der Waals surface area (Å²) < 4.78 is 5.22. The zero-order valence-corrected chi connectivity index (χ0v) is 17.7. The molecule has 0 bridgehead atoms. The standard InChI is InChI=1S/C22H28N4O4/c1-4-5-11-25-12-13-26(22(29)21(25)28)19(17-9-7-6-8-10-17)20(27)24(3)15-18-14-16(2)23-30-18/h6-10,14,19H,4-5,11-13,15H2,1-3H3/t19-/m1/s1. The molecule has 0 unspecified atom stereocenters. The zero-order chi connectivity index (χ0) is 21.7. The van der Waals surface area contributed by atoms with Crippen molar-refractivity contribution >= 4 is 17.7 Å². The van der Waals surface area contributed by atoms with Crippen LogP contribution in [-0.2, 0) is 20.9 Å². The van der Waals surface area contributed by atoms with Crippen LogP contribution in [0.4, 0.5) is 0 Å². The van der Waals surface area contributed by atoms with E-state index in [9.17, 15) is 14.4 Å². The molecule has 160 valence electrons. The molecule has 0 saturated carbocycles. The van der Waals surface area contributed by atoms with Crippen LogP contribution in [0.3, 0.4) is 0 Å². The topological polar surface area (TPSA) is 87.0 Å². The lowest BCUT2D eigenvalue weighted by Crippen LogP contribution is -2.57. The minimum atomic E-state index is -0.870. The predicted molar refractivity (Wildman–Crippen MR) is 110 cm³/mol. The van der Waals surface area contributed by atoms with Crippen molar-refractivity contribution in [3.05, 3.63) is 53.4 Å². The average Bonchev–Trinajstić information content (AvgIpc) is 3.16. The van der Waals surface area contributed by atoms with Crippen LogP contribution in [-0.4, -0.2) is 64.3 Å². The third-order valence-corrected chi connectivity index (χ3v) is 5.23. The molecule has 1 aromatic heterocycles. The molecule has 3 rings (SSSR count). The van der Waals surface area contributed by atoms with E-state index in [0.29, 0.717) is 31.0 Å². The Labute approximate surface area is 176 Å². The molecule has 0 spiro atoms. The summed E-state index contributed by atoms with van der Waals surface area (Å²) >= 11 is 0. The fourth-order valence-electron chi connectivity index (χ4n) is 3.60. The minimum Gasteiger partial charge on any atom is -0.359 e. The predicted octanol–water partition coefficient (Wildman–Crippen LogP) is 2.15. The highest BCUT2D eigenvalue weighted by Gasteiger charge is 2.40. The summed E-state index contributed by atoms with van der Waals surface area (Å²) in [5.41, 5.74) is 1.40. The number of hydrogen-bond donors (Lipinski definition) is 0. The van der Waals surface area contributed by atoms with Crippen LogP contribution >= 0.6 is 0 Å². The van der Waals surface area contributed by atoms with Gasteiger partial charge in [0.2, 0.25) is 5.91 Å². The molecule has 2 aromatic rings. The summed E-state index contributed by atoms with van der Waals surface area (Å²) in [7, 11) is 1.65. The highest BCUT2D eigenvalue weighted by molar-refractivity contribution is 6.35. The van der Waals surface area contributed by atoms with Crippen LogP contribution in [0.15, 0.2) is 40.9 Å². The van der Waals surface area contributed by atoms with Gasteiger partial charge in [-0.15, -0.1) is 0 Å².